The number of rotatable bonds is 7. The van der Waals surface area contributed by atoms with E-state index >= 15 is 0 Å². The molecule has 1 aromatic heterocycles. The van der Waals surface area contributed by atoms with Gasteiger partial charge in [0.2, 0.25) is 5.91 Å². The van der Waals surface area contributed by atoms with Gasteiger partial charge in [-0.2, -0.15) is 13.2 Å². The predicted octanol–water partition coefficient (Wildman–Crippen LogP) is 6.29. The third kappa shape index (κ3) is 5.88. The molecule has 1 heterocycles. The van der Waals surface area contributed by atoms with Gasteiger partial charge in [-0.15, -0.1) is 0 Å². The molecule has 1 amide bonds. The predicted molar refractivity (Wildman–Crippen MR) is 118 cm³/mol. The number of amides is 1. The van der Waals surface area contributed by atoms with E-state index in [0.29, 0.717) is 23.2 Å². The number of nitrogens with one attached hydrogen (secondary N) is 1. The second-order valence-electron chi connectivity index (χ2n) is 7.42. The lowest BCUT2D eigenvalue weighted by atomic mass is 10.1. The maximum Gasteiger partial charge on any atom is 0.416 e. The molecule has 34 heavy (non-hydrogen) atoms. The van der Waals surface area contributed by atoms with Crippen LogP contribution in [-0.2, 0) is 23.8 Å². The average molecular weight is 492 g/mol. The molecule has 4 rings (SSSR count). The Morgan fingerprint density at radius 1 is 1.00 bits per heavy atom. The summed E-state index contributed by atoms with van der Waals surface area (Å²) in [4.78, 5) is 16.2. The van der Waals surface area contributed by atoms with Crippen LogP contribution in [-0.4, -0.2) is 17.4 Å². The molecule has 0 saturated heterocycles. The monoisotopic (exact) mass is 492 g/mol. The first-order valence-electron chi connectivity index (χ1n) is 10.1. The van der Waals surface area contributed by atoms with E-state index in [1.165, 1.54) is 30.3 Å². The summed E-state index contributed by atoms with van der Waals surface area (Å²) >= 11 is 0.910. The number of alkyl halides is 3. The number of hydrogen-bond donors (Lipinski definition) is 1. The molecule has 4 aromatic rings. The standard InChI is InChI=1S/C24H17F5N2O2S/c25-17-5-1-14(2-6-17)9-10-30-22(32)11-15-3-7-18(13-19(15)26)33-23-31-20-8-4-16(24(27,28)29)12-21(20)34-23/h1-8,12-13H,9-11H2,(H,30,32). The van der Waals surface area contributed by atoms with Crippen molar-refractivity contribution in [1.82, 2.24) is 10.3 Å². The number of nitrogens with zero attached hydrogens (tertiary/aromatic N) is 1. The molecular formula is C24H17F5N2O2S. The average Bonchev–Trinajstić information content (AvgIpc) is 3.18. The Hall–Kier alpha value is -3.53. The lowest BCUT2D eigenvalue weighted by molar-refractivity contribution is -0.137. The number of fused-ring (bicyclic) bond motifs is 1. The second-order valence-corrected chi connectivity index (χ2v) is 8.41. The van der Waals surface area contributed by atoms with Crippen LogP contribution in [0.2, 0.25) is 0 Å². The molecule has 1 N–H and O–H groups in total. The van der Waals surface area contributed by atoms with Crippen LogP contribution in [0, 0.1) is 11.6 Å². The van der Waals surface area contributed by atoms with Crippen LogP contribution < -0.4 is 10.1 Å². The molecule has 0 aliphatic heterocycles. The summed E-state index contributed by atoms with van der Waals surface area (Å²) in [7, 11) is 0. The van der Waals surface area contributed by atoms with E-state index in [9.17, 15) is 26.7 Å². The smallest absolute Gasteiger partial charge is 0.416 e. The van der Waals surface area contributed by atoms with Gasteiger partial charge in [-0.3, -0.25) is 4.79 Å². The van der Waals surface area contributed by atoms with Crippen LogP contribution in [0.3, 0.4) is 0 Å². The molecule has 4 nitrogen and oxygen atoms in total. The van der Waals surface area contributed by atoms with Gasteiger partial charge in [0.15, 0.2) is 0 Å². The number of thiazole rings is 1. The molecule has 0 bridgehead atoms. The molecule has 3 aromatic carbocycles. The number of ether oxygens (including phenoxy) is 1. The summed E-state index contributed by atoms with van der Waals surface area (Å²) in [6, 6.07) is 13.0. The van der Waals surface area contributed by atoms with Gasteiger partial charge in [0.05, 0.1) is 22.2 Å². The van der Waals surface area contributed by atoms with Crippen molar-refractivity contribution in [2.45, 2.75) is 19.0 Å². The van der Waals surface area contributed by atoms with Crippen LogP contribution in [0.5, 0.6) is 10.9 Å². The SMILES string of the molecule is O=C(Cc1ccc(Oc2nc3ccc(C(F)(F)F)cc3s2)cc1F)NCCc1ccc(F)cc1. The molecule has 0 spiro atoms. The molecule has 0 fully saturated rings. The summed E-state index contributed by atoms with van der Waals surface area (Å²) in [6.07, 6.45) is -4.14. The minimum Gasteiger partial charge on any atom is -0.431 e. The Morgan fingerprint density at radius 2 is 1.76 bits per heavy atom. The van der Waals surface area contributed by atoms with Crippen molar-refractivity contribution in [1.29, 1.82) is 0 Å². The highest BCUT2D eigenvalue weighted by atomic mass is 32.1. The zero-order chi connectivity index (χ0) is 24.3. The van der Waals surface area contributed by atoms with E-state index in [1.54, 1.807) is 12.1 Å². The van der Waals surface area contributed by atoms with Crippen molar-refractivity contribution < 1.29 is 31.5 Å². The van der Waals surface area contributed by atoms with Gasteiger partial charge >= 0.3 is 6.18 Å². The van der Waals surface area contributed by atoms with Crippen molar-refractivity contribution in [3.63, 3.8) is 0 Å². The molecule has 176 valence electrons. The van der Waals surface area contributed by atoms with Gasteiger partial charge in [-0.05, 0) is 53.9 Å². The summed E-state index contributed by atoms with van der Waals surface area (Å²) < 4.78 is 71.8. The van der Waals surface area contributed by atoms with Crippen LogP contribution in [0.25, 0.3) is 10.2 Å². The minimum atomic E-state index is -4.47. The Morgan fingerprint density at radius 3 is 2.47 bits per heavy atom. The van der Waals surface area contributed by atoms with Crippen molar-refractivity contribution in [3.8, 4) is 10.9 Å². The Labute approximate surface area is 195 Å². The molecule has 0 unspecified atom stereocenters. The largest absolute Gasteiger partial charge is 0.431 e. The number of carbonyl (C=O) groups excluding carboxylic acids is 1. The van der Waals surface area contributed by atoms with Crippen molar-refractivity contribution in [2.75, 3.05) is 6.54 Å². The molecule has 0 radical (unpaired) electrons. The van der Waals surface area contributed by atoms with Gasteiger partial charge in [-0.25, -0.2) is 13.8 Å². The highest BCUT2D eigenvalue weighted by Gasteiger charge is 2.30. The summed E-state index contributed by atoms with van der Waals surface area (Å²) in [5.74, 6) is -1.27. The van der Waals surface area contributed by atoms with Gasteiger partial charge in [0.25, 0.3) is 5.19 Å². The van der Waals surface area contributed by atoms with Crippen molar-refractivity contribution in [3.05, 3.63) is 89.0 Å². The van der Waals surface area contributed by atoms with E-state index in [0.717, 1.165) is 35.1 Å². The van der Waals surface area contributed by atoms with E-state index in [4.69, 9.17) is 4.74 Å². The lowest BCUT2D eigenvalue weighted by Gasteiger charge is -2.08. The first kappa shape index (κ1) is 23.6. The number of carbonyl (C=O) groups is 1. The zero-order valence-corrected chi connectivity index (χ0v) is 18.3. The minimum absolute atomic E-state index is 0.0695. The molecule has 0 aliphatic carbocycles. The maximum absolute atomic E-state index is 14.5. The lowest BCUT2D eigenvalue weighted by Crippen LogP contribution is -2.27. The number of benzene rings is 3. The number of hydrogen-bond acceptors (Lipinski definition) is 4. The third-order valence-electron chi connectivity index (χ3n) is 4.93. The fraction of sp³-hybridized carbons (Fsp3) is 0.167. The Bertz CT molecular complexity index is 1320. The van der Waals surface area contributed by atoms with Gasteiger partial charge in [-0.1, -0.05) is 29.5 Å². The summed E-state index contributed by atoms with van der Waals surface area (Å²) in [5, 5.41) is 2.76. The Balaban J connectivity index is 1.35. The second kappa shape index (κ2) is 9.76. The molecule has 0 atom stereocenters. The van der Waals surface area contributed by atoms with E-state index in [1.807, 2.05) is 0 Å². The fourth-order valence-electron chi connectivity index (χ4n) is 3.19. The van der Waals surface area contributed by atoms with Crippen molar-refractivity contribution in [2.24, 2.45) is 0 Å². The van der Waals surface area contributed by atoms with E-state index in [-0.39, 0.29) is 34.7 Å². The summed E-state index contributed by atoms with van der Waals surface area (Å²) in [5.41, 5.74) is 0.563. The molecule has 0 aliphatic rings. The molecule has 10 heteroatoms. The van der Waals surface area contributed by atoms with Gasteiger partial charge in [0, 0.05) is 12.6 Å². The van der Waals surface area contributed by atoms with Crippen LogP contribution >= 0.6 is 11.3 Å². The number of aromatic nitrogens is 1. The highest BCUT2D eigenvalue weighted by Crippen LogP contribution is 2.36. The maximum atomic E-state index is 14.5. The van der Waals surface area contributed by atoms with Crippen LogP contribution in [0.15, 0.2) is 60.7 Å². The Kier molecular flexibility index (Phi) is 6.78. The third-order valence-corrected chi connectivity index (χ3v) is 5.82. The first-order chi connectivity index (χ1) is 16.2. The van der Waals surface area contributed by atoms with Gasteiger partial charge < -0.3 is 10.1 Å². The first-order valence-corrected chi connectivity index (χ1v) is 10.9. The van der Waals surface area contributed by atoms with E-state index in [2.05, 4.69) is 10.3 Å². The van der Waals surface area contributed by atoms with Crippen molar-refractivity contribution >= 4 is 27.5 Å². The van der Waals surface area contributed by atoms with Gasteiger partial charge in [0.1, 0.15) is 17.4 Å². The highest BCUT2D eigenvalue weighted by molar-refractivity contribution is 7.20. The normalized spacial score (nSPS) is 11.6. The molecular weight excluding hydrogens is 475 g/mol. The van der Waals surface area contributed by atoms with Crippen LogP contribution in [0.4, 0.5) is 22.0 Å². The topological polar surface area (TPSA) is 51.2 Å². The zero-order valence-electron chi connectivity index (χ0n) is 17.5. The quantitative estimate of drug-likeness (QED) is 0.309. The molecule has 0 saturated carbocycles. The van der Waals surface area contributed by atoms with Crippen LogP contribution in [0.1, 0.15) is 16.7 Å². The van der Waals surface area contributed by atoms with E-state index < -0.39 is 17.6 Å². The number of halogens is 5. The summed E-state index contributed by atoms with van der Waals surface area (Å²) in [6.45, 7) is 0.320. The fourth-order valence-corrected chi connectivity index (χ4v) is 4.07.